The summed E-state index contributed by atoms with van der Waals surface area (Å²) in [4.78, 5) is 10.9. The van der Waals surface area contributed by atoms with Gasteiger partial charge >= 0.3 is 0 Å². The van der Waals surface area contributed by atoms with Gasteiger partial charge in [0, 0.05) is 11.6 Å². The molecule has 0 aromatic heterocycles. The van der Waals surface area contributed by atoms with Gasteiger partial charge in [-0.1, -0.05) is 17.7 Å². The highest BCUT2D eigenvalue weighted by atomic mass is 35.5. The highest BCUT2D eigenvalue weighted by Gasteiger charge is 2.03. The molecule has 1 rings (SSSR count). The summed E-state index contributed by atoms with van der Waals surface area (Å²) >= 11 is 9.54. The Bertz CT molecular complexity index is 346. The number of halogens is 2. The minimum absolute atomic E-state index is 0.124. The van der Waals surface area contributed by atoms with Gasteiger partial charge in [0.05, 0.1) is 5.75 Å². The zero-order valence-electron chi connectivity index (χ0n) is 7.26. The third-order valence-electron chi connectivity index (χ3n) is 1.63. The second-order valence-corrected chi connectivity index (χ2v) is 3.39. The number of thiol groups is 1. The van der Waals surface area contributed by atoms with Crippen LogP contribution in [0.1, 0.15) is 5.56 Å². The molecule has 0 aliphatic heterocycles. The maximum atomic E-state index is 12.6. The third-order valence-corrected chi connectivity index (χ3v) is 2.27. The van der Waals surface area contributed by atoms with Crippen LogP contribution in [0.25, 0.3) is 0 Å². The monoisotopic (exact) mass is 233 g/mol. The maximum absolute atomic E-state index is 12.6. The fourth-order valence-electron chi connectivity index (χ4n) is 0.915. The highest BCUT2D eigenvalue weighted by Crippen LogP contribution is 2.16. The predicted octanol–water partition coefficient (Wildman–Crippen LogP) is 2.03. The molecule has 14 heavy (non-hydrogen) atoms. The minimum atomic E-state index is -0.390. The van der Waals surface area contributed by atoms with Crippen molar-refractivity contribution in [3.63, 3.8) is 0 Å². The quantitative estimate of drug-likeness (QED) is 0.769. The average Bonchev–Trinajstić information content (AvgIpc) is 2.16. The SMILES string of the molecule is O=C(CS)NCc1ccc(F)cc1Cl. The van der Waals surface area contributed by atoms with Crippen molar-refractivity contribution in [1.82, 2.24) is 5.32 Å². The Labute approximate surface area is 91.9 Å². The van der Waals surface area contributed by atoms with Crippen LogP contribution in [0.3, 0.4) is 0 Å². The van der Waals surface area contributed by atoms with Gasteiger partial charge < -0.3 is 5.32 Å². The lowest BCUT2D eigenvalue weighted by Gasteiger charge is -2.05. The number of benzene rings is 1. The van der Waals surface area contributed by atoms with Gasteiger partial charge in [0.2, 0.25) is 5.91 Å². The fourth-order valence-corrected chi connectivity index (χ4v) is 1.26. The van der Waals surface area contributed by atoms with Crippen molar-refractivity contribution in [1.29, 1.82) is 0 Å². The van der Waals surface area contributed by atoms with E-state index in [0.717, 1.165) is 0 Å². The normalized spacial score (nSPS) is 9.93. The zero-order chi connectivity index (χ0) is 10.6. The van der Waals surface area contributed by atoms with E-state index in [9.17, 15) is 9.18 Å². The molecular weight excluding hydrogens is 225 g/mol. The molecule has 2 nitrogen and oxygen atoms in total. The third kappa shape index (κ3) is 3.20. The maximum Gasteiger partial charge on any atom is 0.229 e. The molecule has 0 heterocycles. The van der Waals surface area contributed by atoms with Crippen LogP contribution in [0.5, 0.6) is 0 Å². The van der Waals surface area contributed by atoms with Gasteiger partial charge in [-0.05, 0) is 17.7 Å². The molecule has 5 heteroatoms. The number of rotatable bonds is 3. The van der Waals surface area contributed by atoms with E-state index in [1.165, 1.54) is 18.2 Å². The summed E-state index contributed by atoms with van der Waals surface area (Å²) in [6, 6.07) is 4.05. The Morgan fingerprint density at radius 1 is 1.57 bits per heavy atom. The van der Waals surface area contributed by atoms with Gasteiger partial charge in [-0.25, -0.2) is 4.39 Å². The van der Waals surface area contributed by atoms with Crippen LogP contribution < -0.4 is 5.32 Å². The molecule has 1 aromatic carbocycles. The van der Waals surface area contributed by atoms with Crippen molar-refractivity contribution < 1.29 is 9.18 Å². The van der Waals surface area contributed by atoms with Gasteiger partial charge in [-0.2, -0.15) is 12.6 Å². The van der Waals surface area contributed by atoms with E-state index in [1.54, 1.807) is 0 Å². The van der Waals surface area contributed by atoms with Crippen LogP contribution in [0, 0.1) is 5.82 Å². The van der Waals surface area contributed by atoms with Crippen LogP contribution in [-0.4, -0.2) is 11.7 Å². The Morgan fingerprint density at radius 3 is 2.86 bits per heavy atom. The van der Waals surface area contributed by atoms with E-state index in [1.807, 2.05) is 0 Å². The van der Waals surface area contributed by atoms with Crippen LogP contribution >= 0.6 is 24.2 Å². The second-order valence-electron chi connectivity index (χ2n) is 2.67. The predicted molar refractivity (Wildman–Crippen MR) is 57.1 cm³/mol. The highest BCUT2D eigenvalue weighted by molar-refractivity contribution is 7.81. The van der Waals surface area contributed by atoms with E-state index < -0.39 is 0 Å². The standard InChI is InChI=1S/C9H9ClFNOS/c10-8-3-7(11)2-1-6(8)4-12-9(13)5-14/h1-3,14H,4-5H2,(H,12,13). The van der Waals surface area contributed by atoms with E-state index in [4.69, 9.17) is 11.6 Å². The first kappa shape index (κ1) is 11.3. The summed E-state index contributed by atoms with van der Waals surface area (Å²) in [5.41, 5.74) is 0.684. The van der Waals surface area contributed by atoms with Crippen molar-refractivity contribution in [2.75, 3.05) is 5.75 Å². The Hall–Kier alpha value is -0.740. The molecule has 1 N–H and O–H groups in total. The summed E-state index contributed by atoms with van der Waals surface area (Å²) in [6.07, 6.45) is 0. The minimum Gasteiger partial charge on any atom is -0.351 e. The van der Waals surface area contributed by atoms with Crippen molar-refractivity contribution >= 4 is 30.1 Å². The molecule has 0 aliphatic carbocycles. The first-order valence-corrected chi connectivity index (χ1v) is 4.96. The molecule has 0 fully saturated rings. The molecule has 0 saturated heterocycles. The van der Waals surface area contributed by atoms with Gasteiger partial charge in [0.15, 0.2) is 0 Å². The van der Waals surface area contributed by atoms with Crippen molar-refractivity contribution in [3.05, 3.63) is 34.6 Å². The Balaban J connectivity index is 2.63. The molecule has 0 saturated carbocycles. The van der Waals surface area contributed by atoms with Crippen LogP contribution in [0.4, 0.5) is 4.39 Å². The molecule has 0 bridgehead atoms. The van der Waals surface area contributed by atoms with Crippen LogP contribution in [-0.2, 0) is 11.3 Å². The lowest BCUT2D eigenvalue weighted by Crippen LogP contribution is -2.23. The summed E-state index contributed by atoms with van der Waals surface area (Å²) < 4.78 is 12.6. The number of carbonyl (C=O) groups excluding carboxylic acids is 1. The molecular formula is C9H9ClFNOS. The summed E-state index contributed by atoms with van der Waals surface area (Å²) in [5, 5.41) is 2.90. The van der Waals surface area contributed by atoms with Gasteiger partial charge in [-0.3, -0.25) is 4.79 Å². The molecule has 1 aromatic rings. The first-order chi connectivity index (χ1) is 6.63. The lowest BCUT2D eigenvalue weighted by molar-refractivity contribution is -0.118. The van der Waals surface area contributed by atoms with Crippen molar-refractivity contribution in [2.45, 2.75) is 6.54 Å². The molecule has 0 unspecified atom stereocenters. The topological polar surface area (TPSA) is 29.1 Å². The first-order valence-electron chi connectivity index (χ1n) is 3.95. The number of amides is 1. The summed E-state index contributed by atoms with van der Waals surface area (Å²) in [5.74, 6) is -0.452. The average molecular weight is 234 g/mol. The molecule has 0 spiro atoms. The fraction of sp³-hybridized carbons (Fsp3) is 0.222. The van der Waals surface area contributed by atoms with Crippen LogP contribution in [0.15, 0.2) is 18.2 Å². The Morgan fingerprint density at radius 2 is 2.29 bits per heavy atom. The molecule has 0 aliphatic rings. The Kier molecular flexibility index (Phi) is 4.22. The van der Waals surface area contributed by atoms with Crippen molar-refractivity contribution in [2.24, 2.45) is 0 Å². The van der Waals surface area contributed by atoms with E-state index in [0.29, 0.717) is 17.1 Å². The number of hydrogen-bond acceptors (Lipinski definition) is 2. The van der Waals surface area contributed by atoms with Crippen molar-refractivity contribution in [3.8, 4) is 0 Å². The molecule has 76 valence electrons. The largest absolute Gasteiger partial charge is 0.351 e. The summed E-state index contributed by atoms with van der Waals surface area (Å²) in [6.45, 7) is 0.290. The van der Waals surface area contributed by atoms with E-state index >= 15 is 0 Å². The second kappa shape index (κ2) is 5.22. The number of hydrogen-bond donors (Lipinski definition) is 2. The van der Waals surface area contributed by atoms with Crippen LogP contribution in [0.2, 0.25) is 5.02 Å². The molecule has 1 amide bonds. The summed E-state index contributed by atoms with van der Waals surface area (Å²) in [7, 11) is 0. The van der Waals surface area contributed by atoms with E-state index in [-0.39, 0.29) is 17.5 Å². The number of carbonyl (C=O) groups is 1. The van der Waals surface area contributed by atoms with Gasteiger partial charge in [0.25, 0.3) is 0 Å². The molecule has 0 radical (unpaired) electrons. The lowest BCUT2D eigenvalue weighted by atomic mass is 10.2. The molecule has 0 atom stereocenters. The number of nitrogens with one attached hydrogen (secondary N) is 1. The smallest absolute Gasteiger partial charge is 0.229 e. The van der Waals surface area contributed by atoms with Gasteiger partial charge in [0.1, 0.15) is 5.82 Å². The van der Waals surface area contributed by atoms with E-state index in [2.05, 4.69) is 17.9 Å². The zero-order valence-corrected chi connectivity index (χ0v) is 8.91. The van der Waals surface area contributed by atoms with Gasteiger partial charge in [-0.15, -0.1) is 0 Å².